The van der Waals surface area contributed by atoms with E-state index in [9.17, 15) is 4.79 Å². The molecule has 0 aromatic heterocycles. The summed E-state index contributed by atoms with van der Waals surface area (Å²) in [5.74, 6) is 0.632. The molecule has 0 N–H and O–H groups in total. The van der Waals surface area contributed by atoms with Crippen molar-refractivity contribution < 1.29 is 4.79 Å². The Morgan fingerprint density at radius 2 is 1.76 bits per heavy atom. The lowest BCUT2D eigenvalue weighted by molar-refractivity contribution is 0.0968. The minimum Gasteiger partial charge on any atom is -0.294 e. The molecule has 0 aliphatic rings. The van der Waals surface area contributed by atoms with E-state index < -0.39 is 0 Å². The molecule has 2 aromatic rings. The molecule has 0 aliphatic carbocycles. The standard InChI is InChI=1S/C15H15BrO/c1-10(2)7-15(17)13-4-3-12-9-14(16)6-5-11(12)8-13/h3-6,8-10H,7H2,1-2H3. The largest absolute Gasteiger partial charge is 0.294 e. The number of hydrogen-bond donors (Lipinski definition) is 0. The lowest BCUT2D eigenvalue weighted by atomic mass is 9.99. The lowest BCUT2D eigenvalue weighted by Gasteiger charge is -2.05. The van der Waals surface area contributed by atoms with E-state index >= 15 is 0 Å². The molecule has 0 saturated carbocycles. The highest BCUT2D eigenvalue weighted by Gasteiger charge is 2.08. The highest BCUT2D eigenvalue weighted by molar-refractivity contribution is 9.10. The summed E-state index contributed by atoms with van der Waals surface area (Å²) in [4.78, 5) is 12.0. The van der Waals surface area contributed by atoms with Gasteiger partial charge in [0.05, 0.1) is 0 Å². The van der Waals surface area contributed by atoms with E-state index in [2.05, 4.69) is 35.8 Å². The minimum atomic E-state index is 0.227. The van der Waals surface area contributed by atoms with Crippen molar-refractivity contribution in [2.75, 3.05) is 0 Å². The van der Waals surface area contributed by atoms with Crippen LogP contribution in [-0.2, 0) is 0 Å². The zero-order valence-corrected chi connectivity index (χ0v) is 11.6. The summed E-state index contributed by atoms with van der Waals surface area (Å²) in [5, 5.41) is 2.27. The van der Waals surface area contributed by atoms with Gasteiger partial charge in [-0.25, -0.2) is 0 Å². The number of benzene rings is 2. The Bertz CT molecular complexity index is 558. The monoisotopic (exact) mass is 290 g/mol. The van der Waals surface area contributed by atoms with Crippen molar-refractivity contribution in [2.45, 2.75) is 20.3 Å². The first-order chi connectivity index (χ1) is 8.06. The van der Waals surface area contributed by atoms with Gasteiger partial charge in [0.1, 0.15) is 0 Å². The number of ketones is 1. The number of carbonyl (C=O) groups is 1. The van der Waals surface area contributed by atoms with Gasteiger partial charge in [0.25, 0.3) is 0 Å². The molecular weight excluding hydrogens is 276 g/mol. The van der Waals surface area contributed by atoms with E-state index in [4.69, 9.17) is 0 Å². The third-order valence-corrected chi connectivity index (χ3v) is 3.21. The van der Waals surface area contributed by atoms with Gasteiger partial charge in [-0.2, -0.15) is 0 Å². The summed E-state index contributed by atoms with van der Waals surface area (Å²) >= 11 is 3.45. The molecule has 0 heterocycles. The number of fused-ring (bicyclic) bond motifs is 1. The van der Waals surface area contributed by atoms with Gasteiger partial charge in [-0.05, 0) is 34.9 Å². The van der Waals surface area contributed by atoms with Crippen molar-refractivity contribution >= 4 is 32.5 Å². The van der Waals surface area contributed by atoms with E-state index in [-0.39, 0.29) is 5.78 Å². The van der Waals surface area contributed by atoms with Gasteiger partial charge in [0.2, 0.25) is 0 Å². The fourth-order valence-electron chi connectivity index (χ4n) is 1.88. The second-order valence-corrected chi connectivity index (χ2v) is 5.64. The SMILES string of the molecule is CC(C)CC(=O)c1ccc2cc(Br)ccc2c1. The van der Waals surface area contributed by atoms with E-state index in [1.807, 2.05) is 30.3 Å². The predicted molar refractivity (Wildman–Crippen MR) is 75.4 cm³/mol. The number of hydrogen-bond acceptors (Lipinski definition) is 1. The van der Waals surface area contributed by atoms with Crippen LogP contribution in [0.4, 0.5) is 0 Å². The summed E-state index contributed by atoms with van der Waals surface area (Å²) in [5.41, 5.74) is 0.813. The highest BCUT2D eigenvalue weighted by Crippen LogP contribution is 2.22. The smallest absolute Gasteiger partial charge is 0.163 e. The predicted octanol–water partition coefficient (Wildman–Crippen LogP) is 4.83. The average molecular weight is 291 g/mol. The Labute approximate surface area is 110 Å². The molecule has 0 fully saturated rings. The lowest BCUT2D eigenvalue weighted by Crippen LogP contribution is -2.03. The Kier molecular flexibility index (Phi) is 3.63. The average Bonchev–Trinajstić information content (AvgIpc) is 2.27. The van der Waals surface area contributed by atoms with Gasteiger partial charge in [0, 0.05) is 16.5 Å². The Morgan fingerprint density at radius 3 is 2.47 bits per heavy atom. The van der Waals surface area contributed by atoms with Crippen LogP contribution in [0.15, 0.2) is 40.9 Å². The molecule has 0 spiro atoms. The van der Waals surface area contributed by atoms with Crippen LogP contribution < -0.4 is 0 Å². The van der Waals surface area contributed by atoms with Crippen molar-refractivity contribution in [3.05, 3.63) is 46.4 Å². The fourth-order valence-corrected chi connectivity index (χ4v) is 2.26. The van der Waals surface area contributed by atoms with Crippen LogP contribution >= 0.6 is 15.9 Å². The quantitative estimate of drug-likeness (QED) is 0.740. The first kappa shape index (κ1) is 12.3. The molecular formula is C15H15BrO. The van der Waals surface area contributed by atoms with Crippen LogP contribution in [0.5, 0.6) is 0 Å². The molecule has 0 radical (unpaired) electrons. The zero-order chi connectivity index (χ0) is 12.4. The first-order valence-corrected chi connectivity index (χ1v) is 6.58. The summed E-state index contributed by atoms with van der Waals surface area (Å²) in [6.07, 6.45) is 0.613. The third kappa shape index (κ3) is 2.95. The topological polar surface area (TPSA) is 17.1 Å². The normalized spacial score (nSPS) is 11.1. The second kappa shape index (κ2) is 5.01. The van der Waals surface area contributed by atoms with Crippen LogP contribution in [0, 0.1) is 5.92 Å². The van der Waals surface area contributed by atoms with Crippen LogP contribution in [-0.4, -0.2) is 5.78 Å². The number of rotatable bonds is 3. The van der Waals surface area contributed by atoms with E-state index in [0.29, 0.717) is 12.3 Å². The van der Waals surface area contributed by atoms with Gasteiger partial charge < -0.3 is 0 Å². The van der Waals surface area contributed by atoms with Crippen molar-refractivity contribution in [3.63, 3.8) is 0 Å². The molecule has 88 valence electrons. The molecule has 1 nitrogen and oxygen atoms in total. The van der Waals surface area contributed by atoms with E-state index in [0.717, 1.165) is 20.8 Å². The third-order valence-electron chi connectivity index (χ3n) is 2.72. The second-order valence-electron chi connectivity index (χ2n) is 4.73. The van der Waals surface area contributed by atoms with Crippen molar-refractivity contribution in [3.8, 4) is 0 Å². The van der Waals surface area contributed by atoms with Gasteiger partial charge >= 0.3 is 0 Å². The summed E-state index contributed by atoms with van der Waals surface area (Å²) in [6, 6.07) is 12.0. The van der Waals surface area contributed by atoms with Crippen LogP contribution in [0.2, 0.25) is 0 Å². The zero-order valence-electron chi connectivity index (χ0n) is 10.0. The molecule has 0 atom stereocenters. The molecule has 2 heteroatoms. The Hall–Kier alpha value is -1.15. The fraction of sp³-hybridized carbons (Fsp3) is 0.267. The molecule has 0 aliphatic heterocycles. The number of halogens is 1. The van der Waals surface area contributed by atoms with E-state index in [1.54, 1.807) is 0 Å². The summed E-state index contributed by atoms with van der Waals surface area (Å²) in [7, 11) is 0. The Morgan fingerprint density at radius 1 is 1.12 bits per heavy atom. The molecule has 2 rings (SSSR count). The minimum absolute atomic E-state index is 0.227. The van der Waals surface area contributed by atoms with Crippen molar-refractivity contribution in [1.29, 1.82) is 0 Å². The molecule has 0 saturated heterocycles. The van der Waals surface area contributed by atoms with Crippen molar-refractivity contribution in [1.82, 2.24) is 0 Å². The maximum absolute atomic E-state index is 12.0. The van der Waals surface area contributed by atoms with Crippen LogP contribution in [0.3, 0.4) is 0 Å². The van der Waals surface area contributed by atoms with Gasteiger partial charge in [-0.3, -0.25) is 4.79 Å². The molecule has 0 amide bonds. The van der Waals surface area contributed by atoms with Gasteiger partial charge in [-0.1, -0.05) is 48.0 Å². The first-order valence-electron chi connectivity index (χ1n) is 5.79. The number of carbonyl (C=O) groups excluding carboxylic acids is 1. The molecule has 17 heavy (non-hydrogen) atoms. The molecule has 0 bridgehead atoms. The van der Waals surface area contributed by atoms with E-state index in [1.165, 1.54) is 0 Å². The number of Topliss-reactive ketones (excluding diaryl/α,β-unsaturated/α-hetero) is 1. The van der Waals surface area contributed by atoms with Crippen LogP contribution in [0.25, 0.3) is 10.8 Å². The maximum Gasteiger partial charge on any atom is 0.163 e. The van der Waals surface area contributed by atoms with Crippen molar-refractivity contribution in [2.24, 2.45) is 5.92 Å². The summed E-state index contributed by atoms with van der Waals surface area (Å²) in [6.45, 7) is 4.13. The van der Waals surface area contributed by atoms with Gasteiger partial charge in [-0.15, -0.1) is 0 Å². The van der Waals surface area contributed by atoms with Gasteiger partial charge in [0.15, 0.2) is 5.78 Å². The summed E-state index contributed by atoms with van der Waals surface area (Å²) < 4.78 is 1.06. The van der Waals surface area contributed by atoms with Crippen LogP contribution in [0.1, 0.15) is 30.6 Å². The Balaban J connectivity index is 2.38. The highest BCUT2D eigenvalue weighted by atomic mass is 79.9. The molecule has 0 unspecified atom stereocenters. The molecule has 2 aromatic carbocycles. The maximum atomic E-state index is 12.0.